The summed E-state index contributed by atoms with van der Waals surface area (Å²) in [6.07, 6.45) is 2.15. The molecule has 0 heterocycles. The Kier molecular flexibility index (Phi) is 6.65. The van der Waals surface area contributed by atoms with E-state index < -0.39 is 0 Å². The smallest absolute Gasteiger partial charge is 0.222 e. The fraction of sp³-hybridized carbons (Fsp3) is 0.316. The lowest BCUT2D eigenvalue weighted by Gasteiger charge is -2.23. The number of amides is 1. The van der Waals surface area contributed by atoms with Gasteiger partial charge in [-0.2, -0.15) is 0 Å². The van der Waals surface area contributed by atoms with Gasteiger partial charge in [0.25, 0.3) is 0 Å². The second-order valence-electron chi connectivity index (χ2n) is 5.43. The highest BCUT2D eigenvalue weighted by atomic mass is 16.2. The third kappa shape index (κ3) is 5.34. The molecule has 0 aliphatic heterocycles. The Labute approximate surface area is 132 Å². The van der Waals surface area contributed by atoms with Crippen LogP contribution in [-0.2, 0) is 17.8 Å². The minimum absolute atomic E-state index is 0.185. The highest BCUT2D eigenvalue weighted by molar-refractivity contribution is 5.76. The number of nitrogens with two attached hydrogens (primary N) is 1. The largest absolute Gasteiger partial charge is 0.338 e. The first-order valence-electron chi connectivity index (χ1n) is 7.85. The number of hydrogen-bond acceptors (Lipinski definition) is 2. The lowest BCUT2D eigenvalue weighted by molar-refractivity contribution is -0.131. The number of carbonyl (C=O) groups is 1. The quantitative estimate of drug-likeness (QED) is 0.814. The Balaban J connectivity index is 1.99. The predicted octanol–water partition coefficient (Wildman–Crippen LogP) is 3.00. The molecule has 0 aliphatic carbocycles. The van der Waals surface area contributed by atoms with Crippen molar-refractivity contribution in [1.82, 2.24) is 4.90 Å². The van der Waals surface area contributed by atoms with E-state index in [1.165, 1.54) is 5.56 Å². The van der Waals surface area contributed by atoms with E-state index in [0.29, 0.717) is 19.5 Å². The molecular weight excluding hydrogens is 272 g/mol. The molecule has 3 nitrogen and oxygen atoms in total. The van der Waals surface area contributed by atoms with Crippen molar-refractivity contribution in [3.05, 3.63) is 71.8 Å². The van der Waals surface area contributed by atoms with Crippen LogP contribution < -0.4 is 5.73 Å². The van der Waals surface area contributed by atoms with Crippen molar-refractivity contribution >= 4 is 5.91 Å². The molecule has 0 spiro atoms. The van der Waals surface area contributed by atoms with E-state index in [1.807, 2.05) is 41.3 Å². The molecular formula is C19H24N2O. The van der Waals surface area contributed by atoms with E-state index in [0.717, 1.165) is 24.9 Å². The summed E-state index contributed by atoms with van der Waals surface area (Å²) in [5.41, 5.74) is 7.94. The van der Waals surface area contributed by atoms with Crippen LogP contribution in [0.3, 0.4) is 0 Å². The molecule has 1 amide bonds. The van der Waals surface area contributed by atoms with Crippen molar-refractivity contribution in [2.45, 2.75) is 25.8 Å². The van der Waals surface area contributed by atoms with Gasteiger partial charge in [0.2, 0.25) is 5.91 Å². The summed E-state index contributed by atoms with van der Waals surface area (Å²) in [4.78, 5) is 14.3. The first-order chi connectivity index (χ1) is 10.8. The summed E-state index contributed by atoms with van der Waals surface area (Å²) in [6.45, 7) is 1.96. The molecule has 116 valence electrons. The molecule has 3 heteroatoms. The molecule has 2 N–H and O–H groups in total. The molecule has 0 saturated carbocycles. The van der Waals surface area contributed by atoms with E-state index in [9.17, 15) is 4.79 Å². The summed E-state index contributed by atoms with van der Waals surface area (Å²) >= 11 is 0. The molecule has 2 aromatic rings. The van der Waals surface area contributed by atoms with Gasteiger partial charge in [0.05, 0.1) is 0 Å². The lowest BCUT2D eigenvalue weighted by Crippen LogP contribution is -2.32. The summed E-state index contributed by atoms with van der Waals surface area (Å²) in [6, 6.07) is 20.4. The van der Waals surface area contributed by atoms with E-state index >= 15 is 0 Å². The summed E-state index contributed by atoms with van der Waals surface area (Å²) in [5, 5.41) is 0. The third-order valence-electron chi connectivity index (χ3n) is 3.68. The zero-order valence-electron chi connectivity index (χ0n) is 12.9. The van der Waals surface area contributed by atoms with Gasteiger partial charge in [0, 0.05) is 19.5 Å². The minimum Gasteiger partial charge on any atom is -0.338 e. The summed E-state index contributed by atoms with van der Waals surface area (Å²) in [7, 11) is 0. The van der Waals surface area contributed by atoms with Crippen LogP contribution in [0.5, 0.6) is 0 Å². The second-order valence-corrected chi connectivity index (χ2v) is 5.43. The highest BCUT2D eigenvalue weighted by Gasteiger charge is 2.13. The van der Waals surface area contributed by atoms with Crippen molar-refractivity contribution in [3.63, 3.8) is 0 Å². The van der Waals surface area contributed by atoms with Gasteiger partial charge in [-0.1, -0.05) is 60.7 Å². The monoisotopic (exact) mass is 296 g/mol. The molecule has 0 fully saturated rings. The van der Waals surface area contributed by atoms with Gasteiger partial charge >= 0.3 is 0 Å². The number of rotatable bonds is 8. The van der Waals surface area contributed by atoms with Gasteiger partial charge in [-0.3, -0.25) is 4.79 Å². The molecule has 0 saturated heterocycles. The Bertz CT molecular complexity index is 554. The predicted molar refractivity (Wildman–Crippen MR) is 90.3 cm³/mol. The van der Waals surface area contributed by atoms with E-state index in [2.05, 4.69) is 24.3 Å². The van der Waals surface area contributed by atoms with Gasteiger partial charge < -0.3 is 10.6 Å². The number of benzene rings is 2. The summed E-state index contributed by atoms with van der Waals surface area (Å²) in [5.74, 6) is 0.185. The maximum atomic E-state index is 12.4. The van der Waals surface area contributed by atoms with Crippen molar-refractivity contribution in [2.75, 3.05) is 13.1 Å². The average Bonchev–Trinajstić information content (AvgIpc) is 2.58. The van der Waals surface area contributed by atoms with Crippen LogP contribution in [0.15, 0.2) is 60.7 Å². The molecule has 22 heavy (non-hydrogen) atoms. The molecule has 2 aromatic carbocycles. The van der Waals surface area contributed by atoms with Gasteiger partial charge in [-0.25, -0.2) is 0 Å². The maximum absolute atomic E-state index is 12.4. The standard InChI is InChI=1S/C19H24N2O/c20-14-7-12-19(22)21(16-18-10-5-2-6-11-18)15-13-17-8-3-1-4-9-17/h1-6,8-11H,7,12-16,20H2. The zero-order chi connectivity index (χ0) is 15.6. The fourth-order valence-electron chi connectivity index (χ4n) is 2.42. The third-order valence-corrected chi connectivity index (χ3v) is 3.68. The first kappa shape index (κ1) is 16.2. The van der Waals surface area contributed by atoms with E-state index in [1.54, 1.807) is 0 Å². The minimum atomic E-state index is 0.185. The van der Waals surface area contributed by atoms with Crippen LogP contribution in [0, 0.1) is 0 Å². The maximum Gasteiger partial charge on any atom is 0.222 e. The number of nitrogens with zero attached hydrogens (tertiary/aromatic N) is 1. The van der Waals surface area contributed by atoms with Crippen LogP contribution in [0.1, 0.15) is 24.0 Å². The molecule has 0 bridgehead atoms. The van der Waals surface area contributed by atoms with E-state index in [-0.39, 0.29) is 5.91 Å². The Morgan fingerprint density at radius 1 is 0.909 bits per heavy atom. The van der Waals surface area contributed by atoms with Gasteiger partial charge in [-0.05, 0) is 30.5 Å². The fourth-order valence-corrected chi connectivity index (χ4v) is 2.42. The number of hydrogen-bond donors (Lipinski definition) is 1. The highest BCUT2D eigenvalue weighted by Crippen LogP contribution is 2.09. The van der Waals surface area contributed by atoms with Crippen LogP contribution in [0.25, 0.3) is 0 Å². The molecule has 2 rings (SSSR count). The summed E-state index contributed by atoms with van der Waals surface area (Å²) < 4.78 is 0. The first-order valence-corrected chi connectivity index (χ1v) is 7.85. The van der Waals surface area contributed by atoms with Crippen LogP contribution >= 0.6 is 0 Å². The second kappa shape index (κ2) is 9.00. The van der Waals surface area contributed by atoms with Crippen LogP contribution in [-0.4, -0.2) is 23.9 Å². The number of carbonyl (C=O) groups excluding carboxylic acids is 1. The SMILES string of the molecule is NCCCC(=O)N(CCc1ccccc1)Cc1ccccc1. The van der Waals surface area contributed by atoms with Crippen LogP contribution in [0.4, 0.5) is 0 Å². The van der Waals surface area contributed by atoms with Gasteiger partial charge in [0.1, 0.15) is 0 Å². The molecule has 0 unspecified atom stereocenters. The normalized spacial score (nSPS) is 10.4. The Morgan fingerprint density at radius 3 is 2.09 bits per heavy atom. The Morgan fingerprint density at radius 2 is 1.50 bits per heavy atom. The van der Waals surface area contributed by atoms with Gasteiger partial charge in [0.15, 0.2) is 0 Å². The van der Waals surface area contributed by atoms with Gasteiger partial charge in [-0.15, -0.1) is 0 Å². The Hall–Kier alpha value is -2.13. The molecule has 0 atom stereocenters. The van der Waals surface area contributed by atoms with Crippen molar-refractivity contribution in [2.24, 2.45) is 5.73 Å². The lowest BCUT2D eigenvalue weighted by atomic mass is 10.1. The molecule has 0 radical (unpaired) electrons. The van der Waals surface area contributed by atoms with Crippen molar-refractivity contribution in [3.8, 4) is 0 Å². The van der Waals surface area contributed by atoms with Crippen molar-refractivity contribution < 1.29 is 4.79 Å². The molecule has 0 aromatic heterocycles. The topological polar surface area (TPSA) is 46.3 Å². The van der Waals surface area contributed by atoms with Crippen LogP contribution in [0.2, 0.25) is 0 Å². The van der Waals surface area contributed by atoms with Crippen molar-refractivity contribution in [1.29, 1.82) is 0 Å². The van der Waals surface area contributed by atoms with E-state index in [4.69, 9.17) is 5.73 Å². The molecule has 0 aliphatic rings. The average molecular weight is 296 g/mol. The zero-order valence-corrected chi connectivity index (χ0v) is 12.9.